The fourth-order valence-corrected chi connectivity index (χ4v) is 5.71. The number of amides is 1. The number of likely N-dealkylation sites (N-methyl/N-ethyl adjacent to an activating group) is 2. The number of carbonyl (C=O) groups excluding carboxylic acids is 1. The lowest BCUT2D eigenvalue weighted by atomic mass is 9.49. The first-order valence-corrected chi connectivity index (χ1v) is 8.30. The molecule has 20 heavy (non-hydrogen) atoms. The van der Waals surface area contributed by atoms with Crippen LogP contribution in [0.3, 0.4) is 0 Å². The van der Waals surface area contributed by atoms with Crippen molar-refractivity contribution in [2.75, 3.05) is 27.7 Å². The van der Waals surface area contributed by atoms with Crippen LogP contribution < -0.4 is 0 Å². The molecule has 0 aromatic rings. The van der Waals surface area contributed by atoms with Gasteiger partial charge in [0.1, 0.15) is 0 Å². The molecule has 0 N–H and O–H groups in total. The molecule has 0 aromatic carbocycles. The van der Waals surface area contributed by atoms with Crippen molar-refractivity contribution in [2.45, 2.75) is 51.5 Å². The first kappa shape index (κ1) is 14.4. The van der Waals surface area contributed by atoms with E-state index in [1.54, 1.807) is 4.90 Å². The van der Waals surface area contributed by atoms with Crippen LogP contribution in [0.15, 0.2) is 0 Å². The molecule has 4 aliphatic carbocycles. The summed E-state index contributed by atoms with van der Waals surface area (Å²) in [6.45, 7) is 3.18. The fraction of sp³-hybridized carbons (Fsp3) is 0.941. The van der Waals surface area contributed by atoms with Gasteiger partial charge in [0, 0.05) is 20.6 Å². The Morgan fingerprint density at radius 1 is 1.05 bits per heavy atom. The Labute approximate surface area is 123 Å². The zero-order chi connectivity index (χ0) is 14.5. The van der Waals surface area contributed by atoms with E-state index in [1.165, 1.54) is 38.5 Å². The van der Waals surface area contributed by atoms with Gasteiger partial charge in [-0.25, -0.2) is 0 Å². The van der Waals surface area contributed by atoms with Crippen molar-refractivity contribution in [2.24, 2.45) is 23.2 Å². The molecule has 3 nitrogen and oxygen atoms in total. The van der Waals surface area contributed by atoms with Crippen molar-refractivity contribution < 1.29 is 4.79 Å². The summed E-state index contributed by atoms with van der Waals surface area (Å²) in [5.74, 6) is 3.22. The normalized spacial score (nSPS) is 40.1. The first-order valence-electron chi connectivity index (χ1n) is 8.30. The second kappa shape index (κ2) is 5.01. The Balaban J connectivity index is 1.66. The summed E-state index contributed by atoms with van der Waals surface area (Å²) >= 11 is 0. The van der Waals surface area contributed by atoms with Crippen LogP contribution in [0.25, 0.3) is 0 Å². The number of rotatable bonds is 4. The van der Waals surface area contributed by atoms with E-state index in [4.69, 9.17) is 0 Å². The van der Waals surface area contributed by atoms with Crippen molar-refractivity contribution in [1.29, 1.82) is 0 Å². The molecule has 4 bridgehead atoms. The highest BCUT2D eigenvalue weighted by molar-refractivity contribution is 5.80. The monoisotopic (exact) mass is 278 g/mol. The number of hydrogen-bond donors (Lipinski definition) is 0. The predicted molar refractivity (Wildman–Crippen MR) is 81.4 cm³/mol. The van der Waals surface area contributed by atoms with E-state index in [-0.39, 0.29) is 11.9 Å². The quantitative estimate of drug-likeness (QED) is 0.789. The minimum atomic E-state index is 0.0120. The molecule has 4 rings (SSSR count). The molecule has 0 radical (unpaired) electrons. The third kappa shape index (κ3) is 2.49. The third-order valence-corrected chi connectivity index (χ3v) is 6.21. The van der Waals surface area contributed by atoms with Gasteiger partial charge in [0.2, 0.25) is 5.91 Å². The van der Waals surface area contributed by atoms with E-state index >= 15 is 0 Å². The van der Waals surface area contributed by atoms with Crippen molar-refractivity contribution in [3.05, 3.63) is 0 Å². The summed E-state index contributed by atoms with van der Waals surface area (Å²) in [4.78, 5) is 16.2. The lowest BCUT2D eigenvalue weighted by molar-refractivity contribution is -0.135. The van der Waals surface area contributed by atoms with Gasteiger partial charge >= 0.3 is 0 Å². The molecular weight excluding hydrogens is 248 g/mol. The minimum absolute atomic E-state index is 0.0120. The summed E-state index contributed by atoms with van der Waals surface area (Å²) in [5, 5.41) is 0. The highest BCUT2D eigenvalue weighted by Gasteiger charge is 2.51. The van der Waals surface area contributed by atoms with Crippen LogP contribution in [0.2, 0.25) is 0 Å². The van der Waals surface area contributed by atoms with E-state index in [0.717, 1.165) is 24.3 Å². The number of hydrogen-bond acceptors (Lipinski definition) is 2. The SMILES string of the molecule is C[C@@H](C(=O)N(C)C)N(C)CC12CC3CC(CC(C3)C1)C2. The number of carbonyl (C=O) groups is 1. The molecule has 0 saturated heterocycles. The van der Waals surface area contributed by atoms with Gasteiger partial charge in [0.15, 0.2) is 0 Å². The van der Waals surface area contributed by atoms with Crippen LogP contribution in [-0.4, -0.2) is 49.4 Å². The van der Waals surface area contributed by atoms with Crippen LogP contribution in [0.4, 0.5) is 0 Å². The van der Waals surface area contributed by atoms with Gasteiger partial charge in [-0.05, 0) is 75.7 Å². The summed E-state index contributed by atoms with van der Waals surface area (Å²) in [7, 11) is 5.86. The summed E-state index contributed by atoms with van der Waals surface area (Å²) < 4.78 is 0. The van der Waals surface area contributed by atoms with E-state index in [2.05, 4.69) is 18.9 Å². The molecule has 1 amide bonds. The van der Waals surface area contributed by atoms with E-state index < -0.39 is 0 Å². The third-order valence-electron chi connectivity index (χ3n) is 6.21. The molecular formula is C17H30N2O. The average molecular weight is 278 g/mol. The highest BCUT2D eigenvalue weighted by Crippen LogP contribution is 2.60. The van der Waals surface area contributed by atoms with Gasteiger partial charge < -0.3 is 4.90 Å². The maximum Gasteiger partial charge on any atom is 0.239 e. The first-order chi connectivity index (χ1) is 9.38. The maximum absolute atomic E-state index is 12.2. The molecule has 114 valence electrons. The van der Waals surface area contributed by atoms with Gasteiger partial charge in [-0.2, -0.15) is 0 Å². The Morgan fingerprint density at radius 2 is 1.50 bits per heavy atom. The molecule has 4 fully saturated rings. The van der Waals surface area contributed by atoms with Crippen LogP contribution in [0.5, 0.6) is 0 Å². The zero-order valence-electron chi connectivity index (χ0n) is 13.6. The Hall–Kier alpha value is -0.570. The van der Waals surface area contributed by atoms with Crippen molar-refractivity contribution >= 4 is 5.91 Å². The van der Waals surface area contributed by atoms with E-state index in [0.29, 0.717) is 5.41 Å². The Kier molecular flexibility index (Phi) is 3.60. The van der Waals surface area contributed by atoms with Crippen molar-refractivity contribution in [3.8, 4) is 0 Å². The molecule has 0 aromatic heterocycles. The smallest absolute Gasteiger partial charge is 0.239 e. The van der Waals surface area contributed by atoms with Crippen LogP contribution in [0.1, 0.15) is 45.4 Å². The van der Waals surface area contributed by atoms with Crippen molar-refractivity contribution in [1.82, 2.24) is 9.80 Å². The molecule has 0 heterocycles. The lowest BCUT2D eigenvalue weighted by Gasteiger charge is -2.58. The summed E-state index contributed by atoms with van der Waals surface area (Å²) in [6, 6.07) is 0.0120. The maximum atomic E-state index is 12.2. The minimum Gasteiger partial charge on any atom is -0.347 e. The van der Waals surface area contributed by atoms with Gasteiger partial charge in [0.05, 0.1) is 6.04 Å². The van der Waals surface area contributed by atoms with Crippen LogP contribution in [0, 0.1) is 23.2 Å². The fourth-order valence-electron chi connectivity index (χ4n) is 5.71. The number of nitrogens with zero attached hydrogens (tertiary/aromatic N) is 2. The van der Waals surface area contributed by atoms with Crippen LogP contribution in [-0.2, 0) is 4.79 Å². The van der Waals surface area contributed by atoms with E-state index in [9.17, 15) is 4.79 Å². The Bertz CT molecular complexity index is 355. The molecule has 1 atom stereocenters. The molecule has 4 aliphatic rings. The topological polar surface area (TPSA) is 23.6 Å². The van der Waals surface area contributed by atoms with Crippen LogP contribution >= 0.6 is 0 Å². The standard InChI is InChI=1S/C17H30N2O/c1-12(16(20)18(2)3)19(4)11-17-8-13-5-14(9-17)7-15(6-13)10-17/h12-15H,5-11H2,1-4H3/t12-,13?,14?,15?,17?/m0/s1. The molecule has 3 heteroatoms. The summed E-state index contributed by atoms with van der Waals surface area (Å²) in [5.41, 5.74) is 0.532. The largest absolute Gasteiger partial charge is 0.347 e. The predicted octanol–water partition coefficient (Wildman–Crippen LogP) is 2.61. The van der Waals surface area contributed by atoms with Gasteiger partial charge in [0.25, 0.3) is 0 Å². The second-order valence-electron chi connectivity index (χ2n) is 8.24. The zero-order valence-corrected chi connectivity index (χ0v) is 13.6. The Morgan fingerprint density at radius 3 is 1.90 bits per heavy atom. The molecule has 0 spiro atoms. The lowest BCUT2D eigenvalue weighted by Crippen LogP contribution is -2.53. The van der Waals surface area contributed by atoms with Gasteiger partial charge in [-0.3, -0.25) is 9.69 Å². The van der Waals surface area contributed by atoms with Gasteiger partial charge in [-0.1, -0.05) is 0 Å². The summed E-state index contributed by atoms with van der Waals surface area (Å²) in [6.07, 6.45) is 8.75. The molecule has 0 unspecified atom stereocenters. The van der Waals surface area contributed by atoms with E-state index in [1.807, 2.05) is 14.1 Å². The molecule has 4 saturated carbocycles. The average Bonchev–Trinajstić information content (AvgIpc) is 2.34. The highest BCUT2D eigenvalue weighted by atomic mass is 16.2. The molecule has 0 aliphatic heterocycles. The van der Waals surface area contributed by atoms with Crippen molar-refractivity contribution in [3.63, 3.8) is 0 Å². The second-order valence-corrected chi connectivity index (χ2v) is 8.24. The van der Waals surface area contributed by atoms with Gasteiger partial charge in [-0.15, -0.1) is 0 Å².